The number of rotatable bonds is 3. The van der Waals surface area contributed by atoms with Crippen molar-refractivity contribution < 1.29 is 15.0 Å². The van der Waals surface area contributed by atoms with Gasteiger partial charge >= 0.3 is 0 Å². The number of nitrogens with zero attached hydrogens (tertiary/aromatic N) is 1. The van der Waals surface area contributed by atoms with Gasteiger partial charge in [0.25, 0.3) is 5.91 Å². The quantitative estimate of drug-likeness (QED) is 0.454. The molecule has 0 bridgehead atoms. The van der Waals surface area contributed by atoms with E-state index in [2.05, 4.69) is 9.97 Å². The summed E-state index contributed by atoms with van der Waals surface area (Å²) in [5.41, 5.74) is 9.30. The van der Waals surface area contributed by atoms with Crippen molar-refractivity contribution in [1.82, 2.24) is 9.97 Å². The molecular formula is C20H21N3O3. The van der Waals surface area contributed by atoms with E-state index in [1.807, 2.05) is 48.5 Å². The summed E-state index contributed by atoms with van der Waals surface area (Å²) in [4.78, 5) is 19.8. The molecule has 0 fully saturated rings. The first-order chi connectivity index (χ1) is 12.5. The van der Waals surface area contributed by atoms with E-state index in [-0.39, 0.29) is 12.7 Å². The zero-order chi connectivity index (χ0) is 18.7. The summed E-state index contributed by atoms with van der Waals surface area (Å²) in [5, 5.41) is 18.2. The van der Waals surface area contributed by atoms with Crippen LogP contribution in [0.25, 0.3) is 32.8 Å². The number of aliphatic hydroxyl groups is 2. The zero-order valence-corrected chi connectivity index (χ0v) is 14.4. The lowest BCUT2D eigenvalue weighted by Crippen LogP contribution is -2.12. The summed E-state index contributed by atoms with van der Waals surface area (Å²) in [6.07, 6.45) is 0.134. The van der Waals surface area contributed by atoms with E-state index >= 15 is 0 Å². The highest BCUT2D eigenvalue weighted by Crippen LogP contribution is 2.30. The van der Waals surface area contributed by atoms with Gasteiger partial charge in [0.05, 0.1) is 28.2 Å². The maximum atomic E-state index is 11.9. The van der Waals surface area contributed by atoms with E-state index in [4.69, 9.17) is 15.9 Å². The van der Waals surface area contributed by atoms with Gasteiger partial charge in [-0.05, 0) is 25.5 Å². The van der Waals surface area contributed by atoms with Gasteiger partial charge in [0.2, 0.25) is 0 Å². The van der Waals surface area contributed by atoms with Crippen molar-refractivity contribution in [1.29, 1.82) is 0 Å². The summed E-state index contributed by atoms with van der Waals surface area (Å²) >= 11 is 0. The first kappa shape index (κ1) is 17.8. The largest absolute Gasteiger partial charge is 0.396 e. The Morgan fingerprint density at radius 3 is 2.42 bits per heavy atom. The standard InChI is InChI=1S/C16H11N3O.C4H10O2/c17-16(20)13-9-5-1-3-7-11(9)18-14-10-6-2-4-8-12(10)19-15(13)14;1-4(6)2-3-5/h1-8,19H,(H2,17,20);4-6H,2-3H2,1H3/t;4-/m.1/s1. The number of aromatic nitrogens is 2. The van der Waals surface area contributed by atoms with Crippen molar-refractivity contribution in [2.24, 2.45) is 5.73 Å². The van der Waals surface area contributed by atoms with Gasteiger partial charge in [-0.2, -0.15) is 0 Å². The highest BCUT2D eigenvalue weighted by atomic mass is 16.3. The van der Waals surface area contributed by atoms with Crippen LogP contribution in [0.3, 0.4) is 0 Å². The average molecular weight is 351 g/mol. The third kappa shape index (κ3) is 3.37. The molecule has 0 aliphatic carbocycles. The lowest BCUT2D eigenvalue weighted by atomic mass is 10.1. The number of para-hydroxylation sites is 2. The average Bonchev–Trinajstić information content (AvgIpc) is 2.97. The summed E-state index contributed by atoms with van der Waals surface area (Å²) in [7, 11) is 0. The fourth-order valence-electron chi connectivity index (χ4n) is 2.90. The minimum atomic E-state index is -0.444. The number of benzene rings is 2. The van der Waals surface area contributed by atoms with E-state index < -0.39 is 5.91 Å². The lowest BCUT2D eigenvalue weighted by Gasteiger charge is -2.04. The van der Waals surface area contributed by atoms with Crippen molar-refractivity contribution in [3.8, 4) is 0 Å². The number of nitrogens with two attached hydrogens (primary N) is 1. The molecule has 0 radical (unpaired) electrons. The second kappa shape index (κ2) is 7.51. The molecule has 4 rings (SSSR count). The lowest BCUT2D eigenvalue weighted by molar-refractivity contribution is 0.100. The van der Waals surface area contributed by atoms with Crippen LogP contribution in [0.15, 0.2) is 48.5 Å². The molecule has 0 aliphatic heterocycles. The van der Waals surface area contributed by atoms with Crippen molar-refractivity contribution in [3.05, 3.63) is 54.1 Å². The monoisotopic (exact) mass is 351 g/mol. The molecule has 1 amide bonds. The summed E-state index contributed by atoms with van der Waals surface area (Å²) in [5.74, 6) is -0.444. The van der Waals surface area contributed by atoms with Gasteiger partial charge in [0.15, 0.2) is 0 Å². The number of hydrogen-bond donors (Lipinski definition) is 4. The zero-order valence-electron chi connectivity index (χ0n) is 14.4. The number of H-pyrrole nitrogens is 1. The molecule has 0 spiro atoms. The molecule has 6 nitrogen and oxygen atoms in total. The van der Waals surface area contributed by atoms with Crippen LogP contribution in [0.2, 0.25) is 0 Å². The van der Waals surface area contributed by atoms with Gasteiger partial charge in [-0.25, -0.2) is 4.98 Å². The van der Waals surface area contributed by atoms with Gasteiger partial charge in [-0.1, -0.05) is 36.4 Å². The molecule has 2 heterocycles. The molecule has 2 aromatic heterocycles. The van der Waals surface area contributed by atoms with E-state index in [9.17, 15) is 4.79 Å². The van der Waals surface area contributed by atoms with Crippen LogP contribution in [0.5, 0.6) is 0 Å². The number of pyridine rings is 1. The number of aromatic amines is 1. The number of carbonyl (C=O) groups excluding carboxylic acids is 1. The maximum absolute atomic E-state index is 11.9. The second-order valence-corrected chi connectivity index (χ2v) is 6.12. The number of fused-ring (bicyclic) bond motifs is 4. The molecule has 1 atom stereocenters. The Bertz CT molecular complexity index is 1070. The number of nitrogens with one attached hydrogen (secondary N) is 1. The Labute approximate surface area is 150 Å². The van der Waals surface area contributed by atoms with Crippen LogP contribution in [-0.2, 0) is 0 Å². The van der Waals surface area contributed by atoms with Gasteiger partial charge in [-0.3, -0.25) is 4.79 Å². The number of primary amides is 1. The van der Waals surface area contributed by atoms with Crippen molar-refractivity contribution in [2.75, 3.05) is 6.61 Å². The summed E-state index contributed by atoms with van der Waals surface area (Å²) in [6, 6.07) is 15.4. The molecule has 134 valence electrons. The Morgan fingerprint density at radius 2 is 1.81 bits per heavy atom. The van der Waals surface area contributed by atoms with E-state index in [0.717, 1.165) is 27.3 Å². The number of amides is 1. The summed E-state index contributed by atoms with van der Waals surface area (Å²) in [6.45, 7) is 1.73. The molecule has 0 aliphatic rings. The molecule has 4 aromatic rings. The Morgan fingerprint density at radius 1 is 1.15 bits per heavy atom. The normalized spacial score (nSPS) is 12.1. The molecule has 0 saturated carbocycles. The van der Waals surface area contributed by atoms with Crippen LogP contribution in [0, 0.1) is 0 Å². The highest BCUT2D eigenvalue weighted by Gasteiger charge is 2.16. The molecule has 6 heteroatoms. The predicted molar refractivity (Wildman–Crippen MR) is 103 cm³/mol. The maximum Gasteiger partial charge on any atom is 0.251 e. The highest BCUT2D eigenvalue weighted by molar-refractivity contribution is 6.19. The fraction of sp³-hybridized carbons (Fsp3) is 0.200. The van der Waals surface area contributed by atoms with E-state index in [1.54, 1.807) is 6.92 Å². The predicted octanol–water partition coefficient (Wildman–Crippen LogP) is 2.72. The van der Waals surface area contributed by atoms with Crippen LogP contribution >= 0.6 is 0 Å². The minimum Gasteiger partial charge on any atom is -0.396 e. The van der Waals surface area contributed by atoms with Gasteiger partial charge in [0, 0.05) is 22.9 Å². The smallest absolute Gasteiger partial charge is 0.251 e. The van der Waals surface area contributed by atoms with Gasteiger partial charge < -0.3 is 20.9 Å². The van der Waals surface area contributed by atoms with Gasteiger partial charge in [0.1, 0.15) is 0 Å². The van der Waals surface area contributed by atoms with Gasteiger partial charge in [-0.15, -0.1) is 0 Å². The van der Waals surface area contributed by atoms with E-state index in [0.29, 0.717) is 17.5 Å². The topological polar surface area (TPSA) is 112 Å². The molecule has 0 saturated heterocycles. The SMILES string of the molecule is C[C@@H](O)CCO.NC(=O)c1c2ccccc2nc2c1[nH]c1ccccc12. The Kier molecular flexibility index (Phi) is 5.16. The van der Waals surface area contributed by atoms with Crippen molar-refractivity contribution in [2.45, 2.75) is 19.4 Å². The van der Waals surface area contributed by atoms with E-state index in [1.165, 1.54) is 0 Å². The van der Waals surface area contributed by atoms with Crippen molar-refractivity contribution in [3.63, 3.8) is 0 Å². The molecule has 2 aromatic carbocycles. The van der Waals surface area contributed by atoms with Crippen LogP contribution < -0.4 is 5.73 Å². The number of aliphatic hydroxyl groups excluding tert-OH is 2. The molecular weight excluding hydrogens is 330 g/mol. The molecule has 5 N–H and O–H groups in total. The van der Waals surface area contributed by atoms with Crippen LogP contribution in [0.1, 0.15) is 23.7 Å². The Balaban J connectivity index is 0.000000286. The van der Waals surface area contributed by atoms with Crippen LogP contribution in [-0.4, -0.2) is 38.8 Å². The third-order valence-electron chi connectivity index (χ3n) is 4.13. The third-order valence-corrected chi connectivity index (χ3v) is 4.13. The second-order valence-electron chi connectivity index (χ2n) is 6.12. The molecule has 26 heavy (non-hydrogen) atoms. The summed E-state index contributed by atoms with van der Waals surface area (Å²) < 4.78 is 0. The number of carbonyl (C=O) groups is 1. The minimum absolute atomic E-state index is 0.0810. The first-order valence-electron chi connectivity index (χ1n) is 8.40. The number of hydrogen-bond acceptors (Lipinski definition) is 4. The Hall–Kier alpha value is -2.96. The molecule has 0 unspecified atom stereocenters. The van der Waals surface area contributed by atoms with Crippen LogP contribution in [0.4, 0.5) is 0 Å². The fourth-order valence-corrected chi connectivity index (χ4v) is 2.90. The first-order valence-corrected chi connectivity index (χ1v) is 8.40. The van der Waals surface area contributed by atoms with Crippen molar-refractivity contribution >= 4 is 38.7 Å².